The fourth-order valence-corrected chi connectivity index (χ4v) is 14.5. The maximum absolute atomic E-state index is 13.2. The van der Waals surface area contributed by atoms with Gasteiger partial charge in [-0.15, -0.1) is 5.10 Å². The second-order valence-electron chi connectivity index (χ2n) is 32.1. The second-order valence-corrected chi connectivity index (χ2v) is 32.1. The highest BCUT2D eigenvalue weighted by Gasteiger charge is 2.30. The number of aryl methyl sites for hydroxylation is 2. The van der Waals surface area contributed by atoms with Gasteiger partial charge in [0.2, 0.25) is 0 Å². The molecule has 20 rings (SSSR count). The zero-order valence-corrected chi connectivity index (χ0v) is 72.9. The molecule has 45 heteroatoms. The number of nitrogens with one attached hydrogen (secondary N) is 12. The van der Waals surface area contributed by atoms with Crippen molar-refractivity contribution in [1.82, 2.24) is 133 Å². The number of fused-ring (bicyclic) bond motifs is 4. The van der Waals surface area contributed by atoms with Crippen LogP contribution in [0.15, 0.2) is 195 Å². The van der Waals surface area contributed by atoms with E-state index in [0.29, 0.717) is 137 Å². The summed E-state index contributed by atoms with van der Waals surface area (Å²) in [5.74, 6) is 4.79. The molecule has 4 aliphatic rings. The van der Waals surface area contributed by atoms with Crippen LogP contribution in [0.1, 0.15) is 144 Å². The number of nitrogens with zero attached hydrogens (tertiary/aromatic N) is 23. The van der Waals surface area contributed by atoms with Gasteiger partial charge in [0.25, 0.3) is 45.9 Å². The Labute approximate surface area is 749 Å². The highest BCUT2D eigenvalue weighted by Crippen LogP contribution is 2.30. The van der Waals surface area contributed by atoms with E-state index in [1.54, 1.807) is 200 Å². The van der Waals surface area contributed by atoms with E-state index in [1.165, 1.54) is 61.7 Å². The Bertz CT molecular complexity index is 7250. The maximum Gasteiger partial charge on any atom is 0.280 e. The monoisotopic (exact) mass is 1790 g/mol. The number of carbonyl (C=O) groups is 4. The smallest absolute Gasteiger partial charge is 0.280 e. The average Bonchev–Trinajstić information content (AvgIpc) is 1.64. The van der Waals surface area contributed by atoms with Crippen LogP contribution >= 0.6 is 0 Å². The fourth-order valence-electron chi connectivity index (χ4n) is 14.5. The van der Waals surface area contributed by atoms with Crippen molar-refractivity contribution in [2.24, 2.45) is 7.05 Å². The highest BCUT2D eigenvalue weighted by atomic mass is 16.5. The predicted molar refractivity (Wildman–Crippen MR) is 490 cm³/mol. The van der Waals surface area contributed by atoms with Crippen LogP contribution < -0.4 is 86.0 Å². The predicted octanol–water partition coefficient (Wildman–Crippen LogP) is 7.63. The topological polar surface area (TPSA) is 537 Å². The molecule has 0 spiro atoms. The van der Waals surface area contributed by atoms with Crippen molar-refractivity contribution in [2.75, 3.05) is 70.7 Å². The fraction of sp³-hybridized carbons (Fsp3) is 0.287. The number of amides is 4. The molecule has 16 aromatic rings. The van der Waals surface area contributed by atoms with Crippen molar-refractivity contribution in [3.05, 3.63) is 247 Å². The maximum atomic E-state index is 13.2. The molecule has 0 saturated heterocycles. The van der Waals surface area contributed by atoms with Crippen LogP contribution in [0.25, 0.3) is 45.9 Å². The summed E-state index contributed by atoms with van der Waals surface area (Å²) in [5, 5.41) is 80.0. The van der Waals surface area contributed by atoms with Crippen LogP contribution in [-0.4, -0.2) is 193 Å². The molecule has 45 nitrogen and oxygen atoms in total. The number of pyridine rings is 4. The van der Waals surface area contributed by atoms with Gasteiger partial charge in [-0.3, -0.25) is 66.3 Å². The van der Waals surface area contributed by atoms with Crippen molar-refractivity contribution in [3.63, 3.8) is 0 Å². The number of aromatic nitrogens is 23. The highest BCUT2D eigenvalue weighted by molar-refractivity contribution is 6.02. The first-order valence-corrected chi connectivity index (χ1v) is 42.7. The summed E-state index contributed by atoms with van der Waals surface area (Å²) in [4.78, 5) is 130. The van der Waals surface area contributed by atoms with Crippen LogP contribution in [0.3, 0.4) is 0 Å². The number of hydrogen-bond donors (Lipinski definition) is 13. The van der Waals surface area contributed by atoms with E-state index >= 15 is 0 Å². The zero-order valence-electron chi connectivity index (χ0n) is 72.9. The van der Waals surface area contributed by atoms with E-state index in [4.69, 9.17) is 4.52 Å². The van der Waals surface area contributed by atoms with Crippen molar-refractivity contribution in [2.45, 2.75) is 128 Å². The normalized spacial score (nSPS) is 13.7. The Morgan fingerprint density at radius 1 is 0.402 bits per heavy atom. The Morgan fingerprint density at radius 2 is 0.742 bits per heavy atom. The van der Waals surface area contributed by atoms with E-state index in [2.05, 4.69) is 135 Å². The summed E-state index contributed by atoms with van der Waals surface area (Å²) < 4.78 is 18.3. The molecule has 0 aliphatic heterocycles. The molecule has 16 aromatic heterocycles. The van der Waals surface area contributed by atoms with Crippen LogP contribution in [0, 0.1) is 6.92 Å². The van der Waals surface area contributed by atoms with Crippen LogP contribution in [0.5, 0.6) is 0 Å². The van der Waals surface area contributed by atoms with Gasteiger partial charge >= 0.3 is 0 Å². The number of anilines is 12. The quantitative estimate of drug-likeness (QED) is 0.0261. The molecule has 13 N–H and O–H groups in total. The van der Waals surface area contributed by atoms with Gasteiger partial charge in [0.05, 0.1) is 48.6 Å². The van der Waals surface area contributed by atoms with Crippen molar-refractivity contribution >= 4 is 116 Å². The van der Waals surface area contributed by atoms with Crippen LogP contribution in [0.4, 0.5) is 69.3 Å². The molecular weight excluding hydrogens is 1700 g/mol. The minimum absolute atomic E-state index is 0.181. The zero-order chi connectivity index (χ0) is 92.0. The first-order chi connectivity index (χ1) is 63.9. The van der Waals surface area contributed by atoms with E-state index in [9.17, 15) is 43.5 Å². The first-order valence-electron chi connectivity index (χ1n) is 42.7. The van der Waals surface area contributed by atoms with Gasteiger partial charge in [0.1, 0.15) is 103 Å². The lowest BCUT2D eigenvalue weighted by molar-refractivity contribution is 0.0733. The Balaban J connectivity index is 0.000000123. The van der Waals surface area contributed by atoms with Gasteiger partial charge in [-0.2, -0.15) is 48.7 Å². The lowest BCUT2D eigenvalue weighted by Crippen LogP contribution is -2.39. The van der Waals surface area contributed by atoms with E-state index in [-0.39, 0.29) is 75.7 Å². The average molecular weight is 1790 g/mol. The summed E-state index contributed by atoms with van der Waals surface area (Å²) in [6.07, 6.45) is 30.9. The van der Waals surface area contributed by atoms with Gasteiger partial charge in [0.15, 0.2) is 45.9 Å². The first kappa shape index (κ1) is 87.2. The van der Waals surface area contributed by atoms with Gasteiger partial charge in [-0.1, -0.05) is 5.16 Å². The molecule has 0 aromatic carbocycles. The van der Waals surface area contributed by atoms with Gasteiger partial charge in [-0.05, 0) is 158 Å². The third kappa shape index (κ3) is 18.5. The third-order valence-electron chi connectivity index (χ3n) is 22.7. The molecular formula is C87H93N35O10. The molecule has 4 aliphatic carbocycles. The SMILES string of the molecule is CNc1cc(Nc2cccn(-c3ccc(C)nn3)c2=O)nc2c(C(=O)NC3CCC3)cnn12.CNc1cc(Nc2cccn(-c3ccn(C)n3)c2=O)nc2c(C(=O)NC3CCC3)cnn12.CNc1cc(Nc2cccn(-c3ccon3)c2=O)nc2c(C(=O)NC3CCC3)cnn12.CNc1cc(Nc2cccn(-c3cnc(C(C)(C)O)cn3)c2=O)nc2c(C(=O)NC3CCC3)cnn12. The Morgan fingerprint density at radius 3 is 1.02 bits per heavy atom. The largest absolute Gasteiger partial charge is 0.384 e. The van der Waals surface area contributed by atoms with Crippen molar-refractivity contribution in [3.8, 4) is 23.3 Å². The lowest BCUT2D eigenvalue weighted by Gasteiger charge is -2.26. The number of aliphatic hydroxyl groups is 1. The summed E-state index contributed by atoms with van der Waals surface area (Å²) in [6, 6.07) is 28.0. The van der Waals surface area contributed by atoms with Crippen LogP contribution in [-0.2, 0) is 12.6 Å². The Kier molecular flexibility index (Phi) is 24.8. The summed E-state index contributed by atoms with van der Waals surface area (Å²) in [6.45, 7) is 5.05. The standard InChI is InChI=1S/C24H27N9O3.C22H23N9O2.C21H23N9O2.C20H20N8O3/c1-24(2,36)17-12-27-20(13-26-17)32-9-5-8-16(23(32)35)30-18-10-19(25-3)33-21(31-18)15(11-28-33)22(34)29-14-6-4-7-14;1-13-8-9-18(29-28-13)30-10-4-7-16(22(30)33)26-17-11-19(23-2)31-20(27-17)15(12-24-31)21(32)25-14-5-3-6-14;1-22-18-11-16(25-15-7-4-9-29(21(15)32)17-8-10-28(2)27-17)26-19-14(12-23-30(18)19)20(31)24-13-5-3-6-13;1-21-17-10-15(24-14-6-3-8-27(20(14)30)16-7-9-31-26-16)25-18-13(11-22-28(17)18)19(29)23-12-4-2-5-12/h5,8-14,25,36H,4,6-7H2,1-3H3,(H,29,34)(H,30,31);4,7-12,14,23H,3,5-6H2,1-2H3,(H,25,32)(H,26,27);4,7-13,22H,3,5-6H2,1-2H3,(H,24,31)(H,25,26);3,6-12,21H,2,4-5H2,1H3,(H,23,29)(H,24,25). The molecule has 16 heterocycles. The number of carbonyl (C=O) groups excluding carboxylic acids is 4. The molecule has 676 valence electrons. The number of hydrogen-bond acceptors (Lipinski definition) is 32. The molecule has 0 bridgehead atoms. The van der Waals surface area contributed by atoms with Crippen LogP contribution in [0.2, 0.25) is 0 Å². The molecule has 132 heavy (non-hydrogen) atoms. The second kappa shape index (κ2) is 37.6. The molecule has 4 amide bonds. The summed E-state index contributed by atoms with van der Waals surface area (Å²) in [7, 11) is 8.78. The molecule has 0 atom stereocenters. The summed E-state index contributed by atoms with van der Waals surface area (Å²) in [5.41, 5.74) is 2.97. The van der Waals surface area contributed by atoms with Gasteiger partial charge in [-0.25, -0.2) is 24.9 Å². The molecule has 4 fully saturated rings. The van der Waals surface area contributed by atoms with Crippen molar-refractivity contribution in [1.29, 1.82) is 0 Å². The minimum Gasteiger partial charge on any atom is -0.384 e. The van der Waals surface area contributed by atoms with Gasteiger partial charge < -0.3 is 73.4 Å². The minimum atomic E-state index is -1.14. The number of rotatable bonds is 25. The van der Waals surface area contributed by atoms with E-state index in [1.807, 2.05) is 6.92 Å². The summed E-state index contributed by atoms with van der Waals surface area (Å²) >= 11 is 0. The van der Waals surface area contributed by atoms with Gasteiger partial charge in [0, 0.05) is 127 Å². The van der Waals surface area contributed by atoms with E-state index in [0.717, 1.165) is 82.7 Å². The van der Waals surface area contributed by atoms with E-state index < -0.39 is 5.60 Å². The molecule has 0 unspecified atom stereocenters. The molecule has 4 saturated carbocycles. The lowest BCUT2D eigenvalue weighted by atomic mass is 9.93. The third-order valence-corrected chi connectivity index (χ3v) is 22.7. The Hall–Kier alpha value is -16.9. The molecule has 0 radical (unpaired) electrons. The van der Waals surface area contributed by atoms with Crippen molar-refractivity contribution < 1.29 is 28.8 Å².